The van der Waals surface area contributed by atoms with Crippen LogP contribution in [-0.4, -0.2) is 36.9 Å². The van der Waals surface area contributed by atoms with Crippen LogP contribution in [0.5, 0.6) is 5.75 Å². The number of hydrogen-bond acceptors (Lipinski definition) is 6. The average molecular weight is 351 g/mol. The summed E-state index contributed by atoms with van der Waals surface area (Å²) in [5, 5.41) is -2.62. The van der Waals surface area contributed by atoms with E-state index in [1.54, 1.807) is 0 Å². The Labute approximate surface area is 129 Å². The van der Waals surface area contributed by atoms with Crippen molar-refractivity contribution in [1.29, 1.82) is 0 Å². The maximum Gasteiger partial charge on any atom is 0.411 e. The molecule has 0 aliphatic carbocycles. The molecule has 0 unspecified atom stereocenters. The number of hydrogen-bond donors (Lipinski definition) is 2. The van der Waals surface area contributed by atoms with Crippen molar-refractivity contribution >= 4 is 27.9 Å². The Balaban J connectivity index is 2.66. The fourth-order valence-electron chi connectivity index (χ4n) is 1.17. The second-order valence-electron chi connectivity index (χ2n) is 3.97. The lowest BCUT2D eigenvalue weighted by Gasteiger charge is -2.13. The molecule has 0 saturated carbocycles. The molecule has 0 aliphatic heterocycles. The van der Waals surface area contributed by atoms with Crippen molar-refractivity contribution in [2.45, 2.75) is 5.25 Å². The molecular weight excluding hydrogens is 340 g/mol. The van der Waals surface area contributed by atoms with Crippen LogP contribution in [0.3, 0.4) is 0 Å². The Bertz CT molecular complexity index is 718. The SMILES string of the molecule is C=CC(=O)Oc1cccc(NC(=O)OCC(F)(F)S(=O)(=O)O)c1. The van der Waals surface area contributed by atoms with Gasteiger partial charge in [0.2, 0.25) is 0 Å². The summed E-state index contributed by atoms with van der Waals surface area (Å²) in [7, 11) is -5.70. The van der Waals surface area contributed by atoms with Crippen LogP contribution in [0.4, 0.5) is 19.3 Å². The van der Waals surface area contributed by atoms with Crippen LogP contribution in [0.1, 0.15) is 0 Å². The van der Waals surface area contributed by atoms with Crippen LogP contribution in [-0.2, 0) is 19.6 Å². The molecule has 0 radical (unpaired) electrons. The van der Waals surface area contributed by atoms with Gasteiger partial charge in [0.25, 0.3) is 0 Å². The molecule has 126 valence electrons. The highest BCUT2D eigenvalue weighted by atomic mass is 32.2. The van der Waals surface area contributed by atoms with Crippen LogP contribution >= 0.6 is 0 Å². The zero-order valence-electron chi connectivity index (χ0n) is 11.4. The molecule has 0 heterocycles. The third kappa shape index (κ3) is 5.64. The van der Waals surface area contributed by atoms with Gasteiger partial charge in [0.15, 0.2) is 6.61 Å². The summed E-state index contributed by atoms with van der Waals surface area (Å²) in [6.45, 7) is 1.32. The predicted molar refractivity (Wildman–Crippen MR) is 73.7 cm³/mol. The van der Waals surface area contributed by atoms with E-state index in [-0.39, 0.29) is 11.4 Å². The Morgan fingerprint density at radius 3 is 2.61 bits per heavy atom. The van der Waals surface area contributed by atoms with Crippen molar-refractivity contribution in [3.05, 3.63) is 36.9 Å². The number of carbonyl (C=O) groups is 2. The number of amides is 1. The number of benzene rings is 1. The maximum absolute atomic E-state index is 12.9. The lowest BCUT2D eigenvalue weighted by molar-refractivity contribution is -0.128. The summed E-state index contributed by atoms with van der Waals surface area (Å²) in [6.07, 6.45) is -0.494. The summed E-state index contributed by atoms with van der Waals surface area (Å²) in [6, 6.07) is 5.27. The van der Waals surface area contributed by atoms with E-state index in [1.807, 2.05) is 5.32 Å². The Hall–Kier alpha value is -2.53. The molecule has 0 saturated heterocycles. The summed E-state index contributed by atoms with van der Waals surface area (Å²) in [4.78, 5) is 22.3. The Morgan fingerprint density at radius 1 is 1.39 bits per heavy atom. The lowest BCUT2D eigenvalue weighted by atomic mass is 10.3. The first kappa shape index (κ1) is 18.5. The van der Waals surface area contributed by atoms with E-state index in [1.165, 1.54) is 24.3 Å². The number of carbonyl (C=O) groups excluding carboxylic acids is 2. The van der Waals surface area contributed by atoms with Gasteiger partial charge in [0.1, 0.15) is 5.75 Å². The van der Waals surface area contributed by atoms with Gasteiger partial charge in [-0.05, 0) is 12.1 Å². The van der Waals surface area contributed by atoms with Crippen molar-refractivity contribution < 1.29 is 40.8 Å². The van der Waals surface area contributed by atoms with E-state index >= 15 is 0 Å². The van der Waals surface area contributed by atoms with Crippen molar-refractivity contribution in [1.82, 2.24) is 0 Å². The zero-order chi connectivity index (χ0) is 17.7. The molecule has 0 fully saturated rings. The van der Waals surface area contributed by atoms with Crippen molar-refractivity contribution in [3.63, 3.8) is 0 Å². The second-order valence-corrected chi connectivity index (χ2v) is 5.51. The number of esters is 1. The second kappa shape index (κ2) is 7.15. The van der Waals surface area contributed by atoms with Gasteiger partial charge < -0.3 is 9.47 Å². The molecule has 11 heteroatoms. The molecule has 1 rings (SSSR count). The van der Waals surface area contributed by atoms with Crippen LogP contribution in [0.2, 0.25) is 0 Å². The van der Waals surface area contributed by atoms with Crippen molar-refractivity contribution in [3.8, 4) is 5.75 Å². The quantitative estimate of drug-likeness (QED) is 0.347. The molecule has 0 spiro atoms. The van der Waals surface area contributed by atoms with Crippen LogP contribution in [0.15, 0.2) is 36.9 Å². The normalized spacial score (nSPS) is 11.4. The monoisotopic (exact) mass is 351 g/mol. The third-order valence-electron chi connectivity index (χ3n) is 2.21. The van der Waals surface area contributed by atoms with E-state index < -0.39 is 34.0 Å². The smallest absolute Gasteiger partial charge is 0.411 e. The maximum atomic E-state index is 12.9. The number of halogens is 2. The molecule has 0 bridgehead atoms. The van der Waals surface area contributed by atoms with E-state index in [4.69, 9.17) is 9.29 Å². The van der Waals surface area contributed by atoms with Crippen LogP contribution in [0, 0.1) is 0 Å². The molecule has 0 atom stereocenters. The molecule has 1 aromatic carbocycles. The largest absolute Gasteiger partial charge is 0.442 e. The van der Waals surface area contributed by atoms with Gasteiger partial charge in [-0.25, -0.2) is 9.59 Å². The summed E-state index contributed by atoms with van der Waals surface area (Å²) < 4.78 is 63.4. The average Bonchev–Trinajstić information content (AvgIpc) is 2.44. The number of nitrogens with one attached hydrogen (secondary N) is 1. The number of anilines is 1. The van der Waals surface area contributed by atoms with Gasteiger partial charge in [-0.2, -0.15) is 17.2 Å². The topological polar surface area (TPSA) is 119 Å². The van der Waals surface area contributed by atoms with Gasteiger partial charge in [-0.15, -0.1) is 0 Å². The van der Waals surface area contributed by atoms with E-state index in [9.17, 15) is 26.8 Å². The van der Waals surface area contributed by atoms with E-state index in [2.05, 4.69) is 11.3 Å². The molecule has 23 heavy (non-hydrogen) atoms. The Kier molecular flexibility index (Phi) is 5.76. The molecule has 1 aromatic rings. The van der Waals surface area contributed by atoms with Gasteiger partial charge >= 0.3 is 27.4 Å². The van der Waals surface area contributed by atoms with Gasteiger partial charge in [0, 0.05) is 17.8 Å². The van der Waals surface area contributed by atoms with Gasteiger partial charge in [-0.3, -0.25) is 9.87 Å². The number of rotatable bonds is 6. The minimum absolute atomic E-state index is 0.0273. The van der Waals surface area contributed by atoms with E-state index in [0.29, 0.717) is 0 Å². The fourth-order valence-corrected chi connectivity index (χ4v) is 1.38. The molecule has 0 aliphatic rings. The standard InChI is InChI=1S/C12H11F2NO7S/c1-2-10(16)22-9-5-3-4-8(6-9)15-11(17)21-7-12(13,14)23(18,19)20/h2-6H,1,7H2,(H,15,17)(H,18,19,20). The first-order valence-corrected chi connectivity index (χ1v) is 7.22. The van der Waals surface area contributed by atoms with Crippen molar-refractivity contribution in [2.75, 3.05) is 11.9 Å². The van der Waals surface area contributed by atoms with Crippen molar-refractivity contribution in [2.24, 2.45) is 0 Å². The zero-order valence-corrected chi connectivity index (χ0v) is 12.2. The lowest BCUT2D eigenvalue weighted by Crippen LogP contribution is -2.35. The summed E-state index contributed by atoms with van der Waals surface area (Å²) >= 11 is 0. The van der Waals surface area contributed by atoms with Crippen LogP contribution < -0.4 is 10.1 Å². The number of alkyl halides is 2. The van der Waals surface area contributed by atoms with Gasteiger partial charge in [0.05, 0.1) is 0 Å². The highest BCUT2D eigenvalue weighted by Crippen LogP contribution is 2.21. The summed E-state index contributed by atoms with van der Waals surface area (Å²) in [5.74, 6) is -0.714. The first-order valence-electron chi connectivity index (χ1n) is 5.78. The number of ether oxygens (including phenoxy) is 2. The van der Waals surface area contributed by atoms with Crippen LogP contribution in [0.25, 0.3) is 0 Å². The highest BCUT2D eigenvalue weighted by Gasteiger charge is 2.45. The minimum atomic E-state index is -5.70. The minimum Gasteiger partial charge on any atom is -0.442 e. The molecule has 8 nitrogen and oxygen atoms in total. The van der Waals surface area contributed by atoms with E-state index in [0.717, 1.165) is 6.08 Å². The third-order valence-corrected chi connectivity index (χ3v) is 3.09. The summed E-state index contributed by atoms with van der Waals surface area (Å²) in [5.41, 5.74) is 0.0273. The van der Waals surface area contributed by atoms with Gasteiger partial charge in [-0.1, -0.05) is 12.6 Å². The molecular formula is C12H11F2NO7S. The predicted octanol–water partition coefficient (Wildman–Crippen LogP) is 1.81. The Morgan fingerprint density at radius 2 is 2.04 bits per heavy atom. The first-order chi connectivity index (χ1) is 10.5. The highest BCUT2D eigenvalue weighted by molar-refractivity contribution is 7.86. The molecule has 0 aromatic heterocycles. The molecule has 2 N–H and O–H groups in total. The molecule has 1 amide bonds. The fraction of sp³-hybridized carbons (Fsp3) is 0.167.